The second kappa shape index (κ2) is 19.6. The Morgan fingerprint density at radius 3 is 2.09 bits per heavy atom. The van der Waals surface area contributed by atoms with E-state index in [1.54, 1.807) is 37.8 Å². The Hall–Kier alpha value is -3.54. The summed E-state index contributed by atoms with van der Waals surface area (Å²) in [6.45, 7) is 5.48. The van der Waals surface area contributed by atoms with E-state index in [-0.39, 0.29) is 23.0 Å². The fourth-order valence-electron chi connectivity index (χ4n) is 3.06. The molecule has 6 N–H and O–H groups in total. The van der Waals surface area contributed by atoms with Crippen LogP contribution in [0.2, 0.25) is 0 Å². The van der Waals surface area contributed by atoms with Crippen LogP contribution in [0.25, 0.3) is 11.3 Å². The number of anilines is 2. The zero-order valence-electron chi connectivity index (χ0n) is 24.4. The van der Waals surface area contributed by atoms with Crippen molar-refractivity contribution in [3.8, 4) is 11.3 Å². The summed E-state index contributed by atoms with van der Waals surface area (Å²) in [6.07, 6.45) is 7.84. The highest BCUT2D eigenvalue weighted by Gasteiger charge is 2.15. The summed E-state index contributed by atoms with van der Waals surface area (Å²) < 4.78 is 58.9. The van der Waals surface area contributed by atoms with Gasteiger partial charge in [-0.25, -0.2) is 9.97 Å². The average Bonchev–Trinajstić information content (AvgIpc) is 2.98. The number of aryl methyl sites for hydroxylation is 1. The van der Waals surface area contributed by atoms with Crippen LogP contribution in [0.5, 0.6) is 0 Å². The van der Waals surface area contributed by atoms with Crippen LogP contribution < -0.4 is 16.4 Å². The number of aromatic nitrogens is 3. The Morgan fingerprint density at radius 2 is 1.56 bits per heavy atom. The van der Waals surface area contributed by atoms with Crippen molar-refractivity contribution in [3.05, 3.63) is 66.2 Å². The molecule has 0 spiro atoms. The third kappa shape index (κ3) is 17.2. The molecule has 14 nitrogen and oxygen atoms in total. The first-order valence-electron chi connectivity index (χ1n) is 13.3. The number of nitrogens with two attached hydrogens (primary N) is 1. The van der Waals surface area contributed by atoms with Gasteiger partial charge in [0, 0.05) is 25.5 Å². The number of methoxy groups -OCH3 is 1. The fourth-order valence-corrected chi connectivity index (χ4v) is 3.06. The summed E-state index contributed by atoms with van der Waals surface area (Å²) >= 11 is 0. The van der Waals surface area contributed by atoms with Gasteiger partial charge >= 0.3 is 0 Å². The summed E-state index contributed by atoms with van der Waals surface area (Å²) in [6, 6.07) is 11.6. The molecular weight excluding hydrogens is 600 g/mol. The standard InChI is InChI=1S/C23H28N6O2.2C2H6O3S/c1-31-14-4-13-25-11-2-5-17-7-9-18(10-8-17)20-16-27-22(24)21(29-20)23(30)28-19-6-3-12-26-15-19;2*1-2-6(3,4)5/h3,6-10,12,15-16,25H,2,4-5,11,13-14H2,1H3,(H2,24,27)(H,28,30);2*2H2,1H3,(H,3,4,5). The van der Waals surface area contributed by atoms with Gasteiger partial charge in [-0.2, -0.15) is 16.8 Å². The molecule has 0 aliphatic heterocycles. The van der Waals surface area contributed by atoms with Crippen LogP contribution in [0.4, 0.5) is 11.5 Å². The van der Waals surface area contributed by atoms with E-state index in [4.69, 9.17) is 19.6 Å². The summed E-state index contributed by atoms with van der Waals surface area (Å²) in [5, 5.41) is 6.15. The molecular formula is C27H40N6O8S2. The smallest absolute Gasteiger partial charge is 0.278 e. The number of amides is 1. The second-order valence-electron chi connectivity index (χ2n) is 8.82. The van der Waals surface area contributed by atoms with E-state index in [0.717, 1.165) is 44.5 Å². The highest BCUT2D eigenvalue weighted by atomic mass is 32.2. The largest absolute Gasteiger partial charge is 0.385 e. The molecule has 2 aromatic heterocycles. The van der Waals surface area contributed by atoms with Gasteiger partial charge in [-0.1, -0.05) is 24.3 Å². The maximum atomic E-state index is 12.6. The molecule has 43 heavy (non-hydrogen) atoms. The van der Waals surface area contributed by atoms with Gasteiger partial charge in [0.1, 0.15) is 0 Å². The van der Waals surface area contributed by atoms with Gasteiger partial charge in [0.25, 0.3) is 26.1 Å². The molecule has 2 heterocycles. The minimum absolute atomic E-state index is 0.0831. The Balaban J connectivity index is 0.000000649. The van der Waals surface area contributed by atoms with Crippen molar-refractivity contribution in [2.45, 2.75) is 33.1 Å². The van der Waals surface area contributed by atoms with Crippen LogP contribution in [0.15, 0.2) is 55.0 Å². The van der Waals surface area contributed by atoms with Crippen LogP contribution in [0, 0.1) is 0 Å². The number of nitrogens with one attached hydrogen (secondary N) is 2. The normalized spacial score (nSPS) is 11.0. The summed E-state index contributed by atoms with van der Waals surface area (Å²) in [5.41, 5.74) is 9.27. The lowest BCUT2D eigenvalue weighted by molar-refractivity contribution is 0.102. The Morgan fingerprint density at radius 1 is 0.953 bits per heavy atom. The quantitative estimate of drug-likeness (QED) is 0.134. The third-order valence-electron chi connectivity index (χ3n) is 5.44. The number of nitrogens with zero attached hydrogens (tertiary/aromatic N) is 3. The van der Waals surface area contributed by atoms with Crippen LogP contribution in [-0.2, 0) is 31.4 Å². The molecule has 0 bridgehead atoms. The summed E-state index contributed by atoms with van der Waals surface area (Å²) in [5.74, 6) is -0.741. The minimum Gasteiger partial charge on any atom is -0.385 e. The predicted octanol–water partition coefficient (Wildman–Crippen LogP) is 2.72. The molecule has 16 heteroatoms. The maximum Gasteiger partial charge on any atom is 0.278 e. The molecule has 1 amide bonds. The van der Waals surface area contributed by atoms with Crippen LogP contribution in [0.3, 0.4) is 0 Å². The molecule has 0 unspecified atom stereocenters. The van der Waals surface area contributed by atoms with Crippen LogP contribution in [-0.4, -0.2) is 85.1 Å². The number of ether oxygens (including phenoxy) is 1. The number of hydrogen-bond acceptors (Lipinski definition) is 11. The molecule has 238 valence electrons. The molecule has 1 aromatic carbocycles. The van der Waals surface area contributed by atoms with Gasteiger partial charge in [-0.15, -0.1) is 0 Å². The lowest BCUT2D eigenvalue weighted by atomic mass is 10.1. The van der Waals surface area contributed by atoms with Gasteiger partial charge in [-0.3, -0.25) is 18.9 Å². The van der Waals surface area contributed by atoms with E-state index in [2.05, 4.69) is 37.7 Å². The molecule has 3 aromatic rings. The Bertz CT molecular complexity index is 1420. The Labute approximate surface area is 253 Å². The molecule has 3 rings (SSSR count). The van der Waals surface area contributed by atoms with Crippen LogP contribution in [0.1, 0.15) is 42.7 Å². The number of benzene rings is 1. The third-order valence-corrected chi connectivity index (χ3v) is 6.89. The van der Waals surface area contributed by atoms with E-state index in [0.29, 0.717) is 11.4 Å². The fraction of sp³-hybridized carbons (Fsp3) is 0.407. The molecule has 0 aliphatic carbocycles. The number of nitrogen functional groups attached to an aromatic ring is 1. The zero-order valence-corrected chi connectivity index (χ0v) is 26.1. The van der Waals surface area contributed by atoms with Crippen molar-refractivity contribution < 1.29 is 35.5 Å². The SMILES string of the molecule is CCS(=O)(=O)O.CCS(=O)(=O)O.COCCCNCCCc1ccc(-c2cnc(N)c(C(=O)Nc3cccnc3)n2)cc1. The molecule has 0 saturated carbocycles. The van der Waals surface area contributed by atoms with Crippen molar-refractivity contribution in [2.24, 2.45) is 0 Å². The molecule has 0 atom stereocenters. The molecule has 0 radical (unpaired) electrons. The van der Waals surface area contributed by atoms with Gasteiger partial charge in [0.15, 0.2) is 11.5 Å². The number of hydrogen-bond donors (Lipinski definition) is 5. The van der Waals surface area contributed by atoms with Crippen molar-refractivity contribution in [1.29, 1.82) is 0 Å². The van der Waals surface area contributed by atoms with E-state index in [1.807, 2.05) is 12.1 Å². The number of carbonyl (C=O) groups is 1. The van der Waals surface area contributed by atoms with Crippen molar-refractivity contribution in [3.63, 3.8) is 0 Å². The first kappa shape index (κ1) is 37.5. The van der Waals surface area contributed by atoms with E-state index in [9.17, 15) is 21.6 Å². The van der Waals surface area contributed by atoms with Crippen molar-refractivity contribution in [1.82, 2.24) is 20.3 Å². The summed E-state index contributed by atoms with van der Waals surface area (Å²) in [7, 11) is -5.60. The molecule has 0 aliphatic rings. The highest BCUT2D eigenvalue weighted by molar-refractivity contribution is 7.85. The van der Waals surface area contributed by atoms with Crippen molar-refractivity contribution in [2.75, 3.05) is 49.4 Å². The lowest BCUT2D eigenvalue weighted by Gasteiger charge is -2.09. The molecule has 0 fully saturated rings. The van der Waals surface area contributed by atoms with E-state index < -0.39 is 26.1 Å². The average molecular weight is 641 g/mol. The van der Waals surface area contributed by atoms with E-state index in [1.165, 1.54) is 19.4 Å². The predicted molar refractivity (Wildman–Crippen MR) is 166 cm³/mol. The number of pyridine rings is 1. The second-order valence-corrected chi connectivity index (χ2v) is 12.3. The van der Waals surface area contributed by atoms with Crippen LogP contribution >= 0.6 is 0 Å². The van der Waals surface area contributed by atoms with Gasteiger partial charge in [-0.05, 0) is 63.9 Å². The monoisotopic (exact) mass is 640 g/mol. The number of carbonyl (C=O) groups excluding carboxylic acids is 1. The molecule has 0 saturated heterocycles. The zero-order chi connectivity index (χ0) is 32.3. The minimum atomic E-state index is -3.66. The van der Waals surface area contributed by atoms with E-state index >= 15 is 0 Å². The lowest BCUT2D eigenvalue weighted by Crippen LogP contribution is -2.18. The van der Waals surface area contributed by atoms with Gasteiger partial charge < -0.3 is 21.1 Å². The maximum absolute atomic E-state index is 12.6. The number of rotatable bonds is 13. The van der Waals surface area contributed by atoms with Crippen molar-refractivity contribution >= 4 is 37.6 Å². The highest BCUT2D eigenvalue weighted by Crippen LogP contribution is 2.20. The first-order chi connectivity index (χ1) is 20.3. The Kier molecular flexibility index (Phi) is 17.1. The van der Waals surface area contributed by atoms with Gasteiger partial charge in [0.2, 0.25) is 0 Å². The first-order valence-corrected chi connectivity index (χ1v) is 16.5. The van der Waals surface area contributed by atoms with Gasteiger partial charge in [0.05, 0.1) is 35.3 Å². The topological polar surface area (TPSA) is 224 Å². The summed E-state index contributed by atoms with van der Waals surface area (Å²) in [4.78, 5) is 25.1.